The van der Waals surface area contributed by atoms with E-state index >= 15 is 0 Å². The summed E-state index contributed by atoms with van der Waals surface area (Å²) < 4.78 is 18.3. The third-order valence-electron chi connectivity index (χ3n) is 4.34. The zero-order valence-electron chi connectivity index (χ0n) is 12.9. The second-order valence-corrected chi connectivity index (χ2v) is 6.88. The summed E-state index contributed by atoms with van der Waals surface area (Å²) in [5.74, 6) is -0.238. The van der Waals surface area contributed by atoms with Gasteiger partial charge in [-0.05, 0) is 37.1 Å². The van der Waals surface area contributed by atoms with Gasteiger partial charge in [0.05, 0.1) is 12.3 Å². The van der Waals surface area contributed by atoms with E-state index in [4.69, 9.17) is 4.74 Å². The molecule has 0 radical (unpaired) electrons. The molecule has 0 aliphatic carbocycles. The van der Waals surface area contributed by atoms with Gasteiger partial charge in [0.2, 0.25) is 0 Å². The lowest BCUT2D eigenvalue weighted by Gasteiger charge is -2.35. The van der Waals surface area contributed by atoms with Crippen molar-refractivity contribution in [2.45, 2.75) is 19.4 Å². The van der Waals surface area contributed by atoms with E-state index in [0.717, 1.165) is 35.7 Å². The minimum atomic E-state index is -0.238. The Balaban J connectivity index is 1.56. The largest absolute Gasteiger partial charge is 0.396 e. The SMILES string of the molecule is OCC1(CNCc2csc(-c3ccc(F)cc3)n2)CCOCC1. The molecule has 1 aliphatic rings. The molecule has 1 aromatic carbocycles. The van der Waals surface area contributed by atoms with Crippen LogP contribution in [0.5, 0.6) is 0 Å². The number of rotatable bonds is 6. The van der Waals surface area contributed by atoms with Gasteiger partial charge in [0.25, 0.3) is 0 Å². The minimum Gasteiger partial charge on any atom is -0.396 e. The van der Waals surface area contributed by atoms with Crippen LogP contribution in [0.15, 0.2) is 29.6 Å². The molecule has 6 heteroatoms. The summed E-state index contributed by atoms with van der Waals surface area (Å²) in [6.07, 6.45) is 1.77. The van der Waals surface area contributed by atoms with Crippen LogP contribution in [0.2, 0.25) is 0 Å². The number of aliphatic hydroxyl groups excluding tert-OH is 1. The Bertz CT molecular complexity index is 624. The first-order chi connectivity index (χ1) is 11.2. The standard InChI is InChI=1S/C17H21FN2O2S/c18-14-3-1-13(2-4-14)16-20-15(10-23-16)9-19-11-17(12-21)5-7-22-8-6-17/h1-4,10,19,21H,5-9,11-12H2. The number of aliphatic hydroxyl groups is 1. The van der Waals surface area contributed by atoms with E-state index < -0.39 is 0 Å². The molecule has 0 atom stereocenters. The number of hydrogen-bond donors (Lipinski definition) is 2. The Morgan fingerprint density at radius 1 is 1.26 bits per heavy atom. The lowest BCUT2D eigenvalue weighted by atomic mass is 9.81. The van der Waals surface area contributed by atoms with Crippen molar-refractivity contribution < 1.29 is 14.2 Å². The van der Waals surface area contributed by atoms with Crippen molar-refractivity contribution in [1.29, 1.82) is 0 Å². The lowest BCUT2D eigenvalue weighted by molar-refractivity contribution is -0.0154. The van der Waals surface area contributed by atoms with Crippen LogP contribution in [0.3, 0.4) is 0 Å². The summed E-state index contributed by atoms with van der Waals surface area (Å²) >= 11 is 1.56. The molecule has 2 aromatic rings. The van der Waals surface area contributed by atoms with Gasteiger partial charge >= 0.3 is 0 Å². The molecule has 1 aromatic heterocycles. The molecule has 0 bridgehead atoms. The van der Waals surface area contributed by atoms with E-state index in [1.807, 2.05) is 5.38 Å². The van der Waals surface area contributed by atoms with Gasteiger partial charge in [0.15, 0.2) is 0 Å². The summed E-state index contributed by atoms with van der Waals surface area (Å²) in [4.78, 5) is 4.59. The number of halogens is 1. The molecule has 0 spiro atoms. The fraction of sp³-hybridized carbons (Fsp3) is 0.471. The quantitative estimate of drug-likeness (QED) is 0.852. The van der Waals surface area contributed by atoms with Crippen LogP contribution < -0.4 is 5.32 Å². The molecule has 1 aliphatic heterocycles. The van der Waals surface area contributed by atoms with Crippen LogP contribution in [0, 0.1) is 11.2 Å². The van der Waals surface area contributed by atoms with Gasteiger partial charge in [-0.3, -0.25) is 0 Å². The Kier molecular flexibility index (Phi) is 5.38. The van der Waals surface area contributed by atoms with Crippen LogP contribution in [0.1, 0.15) is 18.5 Å². The van der Waals surface area contributed by atoms with E-state index in [2.05, 4.69) is 10.3 Å². The summed E-state index contributed by atoms with van der Waals surface area (Å²) in [7, 11) is 0. The van der Waals surface area contributed by atoms with Gasteiger partial charge in [0, 0.05) is 42.7 Å². The first-order valence-corrected chi connectivity index (χ1v) is 8.68. The van der Waals surface area contributed by atoms with Crippen LogP contribution >= 0.6 is 11.3 Å². The van der Waals surface area contributed by atoms with Crippen LogP contribution in [0.4, 0.5) is 4.39 Å². The monoisotopic (exact) mass is 336 g/mol. The maximum atomic E-state index is 13.0. The summed E-state index contributed by atoms with van der Waals surface area (Å²) in [6, 6.07) is 6.39. The number of benzene rings is 1. The fourth-order valence-corrected chi connectivity index (χ4v) is 3.59. The summed E-state index contributed by atoms with van der Waals surface area (Å²) in [5.41, 5.74) is 1.82. The predicted molar refractivity (Wildman–Crippen MR) is 88.8 cm³/mol. The van der Waals surface area contributed by atoms with Gasteiger partial charge in [-0.25, -0.2) is 9.37 Å². The maximum absolute atomic E-state index is 13.0. The fourth-order valence-electron chi connectivity index (χ4n) is 2.76. The number of hydrogen-bond acceptors (Lipinski definition) is 5. The van der Waals surface area contributed by atoms with Crippen molar-refractivity contribution >= 4 is 11.3 Å². The molecule has 3 rings (SSSR count). The molecule has 2 N–H and O–H groups in total. The zero-order chi connectivity index (χ0) is 16.1. The van der Waals surface area contributed by atoms with Crippen molar-refractivity contribution in [2.75, 3.05) is 26.4 Å². The maximum Gasteiger partial charge on any atom is 0.123 e. The van der Waals surface area contributed by atoms with Gasteiger partial charge in [-0.2, -0.15) is 0 Å². The summed E-state index contributed by atoms with van der Waals surface area (Å²) in [5, 5.41) is 16.0. The number of aromatic nitrogens is 1. The molecule has 0 unspecified atom stereocenters. The zero-order valence-corrected chi connectivity index (χ0v) is 13.7. The Morgan fingerprint density at radius 2 is 2.00 bits per heavy atom. The highest BCUT2D eigenvalue weighted by atomic mass is 32.1. The van der Waals surface area contributed by atoms with Gasteiger partial charge in [0.1, 0.15) is 10.8 Å². The lowest BCUT2D eigenvalue weighted by Crippen LogP contribution is -2.41. The Labute approximate surface area is 139 Å². The molecule has 23 heavy (non-hydrogen) atoms. The molecule has 2 heterocycles. The van der Waals surface area contributed by atoms with E-state index in [1.165, 1.54) is 12.1 Å². The van der Waals surface area contributed by atoms with Crippen molar-refractivity contribution in [3.8, 4) is 10.6 Å². The molecular weight excluding hydrogens is 315 g/mol. The van der Waals surface area contributed by atoms with Gasteiger partial charge in [-0.15, -0.1) is 11.3 Å². The number of ether oxygens (including phenoxy) is 1. The van der Waals surface area contributed by atoms with Crippen LogP contribution in [-0.4, -0.2) is 36.5 Å². The predicted octanol–water partition coefficient (Wildman–Crippen LogP) is 2.83. The average Bonchev–Trinajstić information content (AvgIpc) is 3.05. The van der Waals surface area contributed by atoms with Crippen molar-refractivity contribution in [3.05, 3.63) is 41.2 Å². The minimum absolute atomic E-state index is 0.0753. The van der Waals surface area contributed by atoms with Gasteiger partial charge < -0.3 is 15.2 Å². The molecule has 0 amide bonds. The normalized spacial score (nSPS) is 17.3. The molecule has 124 valence electrons. The van der Waals surface area contributed by atoms with Crippen LogP contribution in [-0.2, 0) is 11.3 Å². The van der Waals surface area contributed by atoms with Crippen molar-refractivity contribution in [2.24, 2.45) is 5.41 Å². The highest BCUT2D eigenvalue weighted by Gasteiger charge is 2.31. The van der Waals surface area contributed by atoms with E-state index in [0.29, 0.717) is 19.8 Å². The summed E-state index contributed by atoms with van der Waals surface area (Å²) in [6.45, 7) is 3.04. The van der Waals surface area contributed by atoms with E-state index in [-0.39, 0.29) is 17.8 Å². The highest BCUT2D eigenvalue weighted by Crippen LogP contribution is 2.29. The smallest absolute Gasteiger partial charge is 0.123 e. The average molecular weight is 336 g/mol. The Hall–Kier alpha value is -1.34. The number of thiazole rings is 1. The second-order valence-electron chi connectivity index (χ2n) is 6.02. The number of nitrogens with one attached hydrogen (secondary N) is 1. The van der Waals surface area contributed by atoms with E-state index in [1.54, 1.807) is 23.5 Å². The van der Waals surface area contributed by atoms with Gasteiger partial charge in [-0.1, -0.05) is 0 Å². The molecular formula is C17H21FN2O2S. The van der Waals surface area contributed by atoms with Crippen molar-refractivity contribution in [3.63, 3.8) is 0 Å². The first-order valence-electron chi connectivity index (χ1n) is 7.80. The van der Waals surface area contributed by atoms with Crippen LogP contribution in [0.25, 0.3) is 10.6 Å². The number of nitrogens with zero attached hydrogens (tertiary/aromatic N) is 1. The van der Waals surface area contributed by atoms with E-state index in [9.17, 15) is 9.50 Å². The molecule has 4 nitrogen and oxygen atoms in total. The Morgan fingerprint density at radius 3 is 2.70 bits per heavy atom. The molecule has 1 saturated heterocycles. The third-order valence-corrected chi connectivity index (χ3v) is 5.28. The highest BCUT2D eigenvalue weighted by molar-refractivity contribution is 7.13. The molecule has 0 saturated carbocycles. The second kappa shape index (κ2) is 7.49. The first kappa shape index (κ1) is 16.5. The van der Waals surface area contributed by atoms with Crippen molar-refractivity contribution in [1.82, 2.24) is 10.3 Å². The third kappa shape index (κ3) is 4.14. The topological polar surface area (TPSA) is 54.4 Å². The molecule has 1 fully saturated rings.